The predicted octanol–water partition coefficient (Wildman–Crippen LogP) is 1.64. The van der Waals surface area contributed by atoms with E-state index >= 15 is 0 Å². The molecule has 0 aromatic heterocycles. The van der Waals surface area contributed by atoms with Gasteiger partial charge in [-0.15, -0.1) is 0 Å². The van der Waals surface area contributed by atoms with Crippen LogP contribution in [0.1, 0.15) is 11.1 Å². The number of aromatic hydroxyl groups is 1. The van der Waals surface area contributed by atoms with Crippen molar-refractivity contribution in [1.82, 2.24) is 4.90 Å². The van der Waals surface area contributed by atoms with Crippen molar-refractivity contribution in [2.24, 2.45) is 4.99 Å². The summed E-state index contributed by atoms with van der Waals surface area (Å²) in [6.45, 7) is 1.88. The molecule has 0 aliphatic rings. The van der Waals surface area contributed by atoms with Crippen molar-refractivity contribution in [3.05, 3.63) is 29.3 Å². The van der Waals surface area contributed by atoms with Crippen molar-refractivity contribution in [1.29, 1.82) is 0 Å². The summed E-state index contributed by atoms with van der Waals surface area (Å²) in [6, 6.07) is 5.66. The third-order valence-corrected chi connectivity index (χ3v) is 2.11. The summed E-state index contributed by atoms with van der Waals surface area (Å²) < 4.78 is 0. The van der Waals surface area contributed by atoms with Gasteiger partial charge in [0.25, 0.3) is 0 Å². The number of para-hydroxylation sites is 1. The summed E-state index contributed by atoms with van der Waals surface area (Å²) in [7, 11) is 5.53. The number of amidine groups is 1. The van der Waals surface area contributed by atoms with Crippen LogP contribution in [-0.4, -0.2) is 37.0 Å². The number of rotatable bonds is 1. The highest BCUT2D eigenvalue weighted by molar-refractivity contribution is 6.01. The second-order valence-electron chi connectivity index (χ2n) is 3.41. The average molecular weight is 192 g/mol. The van der Waals surface area contributed by atoms with Crippen LogP contribution >= 0.6 is 0 Å². The van der Waals surface area contributed by atoms with Gasteiger partial charge in [-0.05, 0) is 18.6 Å². The number of benzene rings is 1. The van der Waals surface area contributed by atoms with Gasteiger partial charge < -0.3 is 10.0 Å². The van der Waals surface area contributed by atoms with E-state index in [1.165, 1.54) is 0 Å². The topological polar surface area (TPSA) is 35.8 Å². The van der Waals surface area contributed by atoms with Gasteiger partial charge in [0.05, 0.1) is 5.56 Å². The minimum atomic E-state index is 0.307. The molecule has 0 saturated carbocycles. The minimum Gasteiger partial charge on any atom is -0.507 e. The Morgan fingerprint density at radius 3 is 2.50 bits per heavy atom. The second kappa shape index (κ2) is 4.13. The largest absolute Gasteiger partial charge is 0.507 e. The van der Waals surface area contributed by atoms with Gasteiger partial charge in [0.2, 0.25) is 0 Å². The first-order chi connectivity index (χ1) is 6.57. The SMILES string of the molecule is C/N=C(/c1cccc(C)c1O)N(C)C. The average Bonchev–Trinajstić information content (AvgIpc) is 2.13. The number of hydrogen-bond donors (Lipinski definition) is 1. The lowest BCUT2D eigenvalue weighted by atomic mass is 10.1. The van der Waals surface area contributed by atoms with Crippen LogP contribution in [0.2, 0.25) is 0 Å². The van der Waals surface area contributed by atoms with Crippen LogP contribution in [0.4, 0.5) is 0 Å². The molecule has 3 nitrogen and oxygen atoms in total. The van der Waals surface area contributed by atoms with Crippen molar-refractivity contribution in [2.75, 3.05) is 21.1 Å². The zero-order chi connectivity index (χ0) is 10.7. The summed E-state index contributed by atoms with van der Waals surface area (Å²) in [5.74, 6) is 1.09. The van der Waals surface area contributed by atoms with Gasteiger partial charge in [0, 0.05) is 21.1 Å². The lowest BCUT2D eigenvalue weighted by Gasteiger charge is -2.17. The fourth-order valence-electron chi connectivity index (χ4n) is 1.40. The molecule has 0 atom stereocenters. The van der Waals surface area contributed by atoms with Crippen molar-refractivity contribution < 1.29 is 5.11 Å². The Kier molecular flexibility index (Phi) is 3.12. The van der Waals surface area contributed by atoms with E-state index in [0.29, 0.717) is 5.75 Å². The summed E-state index contributed by atoms with van der Waals surface area (Å²) in [5.41, 5.74) is 1.64. The van der Waals surface area contributed by atoms with E-state index in [4.69, 9.17) is 0 Å². The molecule has 0 aliphatic heterocycles. The Balaban J connectivity index is 3.25. The first kappa shape index (κ1) is 10.6. The van der Waals surface area contributed by atoms with Gasteiger partial charge >= 0.3 is 0 Å². The molecule has 0 spiro atoms. The maximum absolute atomic E-state index is 9.84. The molecule has 0 unspecified atom stereocenters. The van der Waals surface area contributed by atoms with E-state index in [-0.39, 0.29) is 0 Å². The van der Waals surface area contributed by atoms with Crippen molar-refractivity contribution in [2.45, 2.75) is 6.92 Å². The summed E-state index contributed by atoms with van der Waals surface area (Å²) in [6.07, 6.45) is 0. The van der Waals surface area contributed by atoms with Crippen LogP contribution in [0, 0.1) is 6.92 Å². The van der Waals surface area contributed by atoms with Crippen molar-refractivity contribution >= 4 is 5.84 Å². The number of aryl methyl sites for hydroxylation is 1. The molecule has 0 saturated heterocycles. The lowest BCUT2D eigenvalue weighted by Crippen LogP contribution is -2.23. The number of hydrogen-bond acceptors (Lipinski definition) is 2. The van der Waals surface area contributed by atoms with E-state index in [9.17, 15) is 5.11 Å². The number of phenols is 1. The molecule has 1 N–H and O–H groups in total. The highest BCUT2D eigenvalue weighted by Gasteiger charge is 2.11. The van der Waals surface area contributed by atoms with Crippen molar-refractivity contribution in [3.8, 4) is 5.75 Å². The molecule has 0 radical (unpaired) electrons. The molecule has 1 rings (SSSR count). The normalized spacial score (nSPS) is 11.6. The number of phenolic OH excluding ortho intramolecular Hbond substituents is 1. The lowest BCUT2D eigenvalue weighted by molar-refractivity contribution is 0.467. The second-order valence-corrected chi connectivity index (χ2v) is 3.41. The van der Waals surface area contributed by atoms with E-state index in [0.717, 1.165) is 17.0 Å². The van der Waals surface area contributed by atoms with Gasteiger partial charge in [-0.1, -0.05) is 12.1 Å². The third kappa shape index (κ3) is 1.87. The smallest absolute Gasteiger partial charge is 0.133 e. The summed E-state index contributed by atoms with van der Waals surface area (Å²) in [5, 5.41) is 9.84. The molecule has 0 amide bonds. The molecule has 1 aromatic carbocycles. The molecule has 76 valence electrons. The first-order valence-electron chi connectivity index (χ1n) is 4.51. The Hall–Kier alpha value is -1.51. The Morgan fingerprint density at radius 1 is 1.36 bits per heavy atom. The fourth-order valence-corrected chi connectivity index (χ4v) is 1.40. The highest BCUT2D eigenvalue weighted by atomic mass is 16.3. The molecule has 0 bridgehead atoms. The fraction of sp³-hybridized carbons (Fsp3) is 0.364. The van der Waals surface area contributed by atoms with Crippen LogP contribution in [0.5, 0.6) is 5.75 Å². The number of nitrogens with zero attached hydrogens (tertiary/aromatic N) is 2. The zero-order valence-electron chi connectivity index (χ0n) is 9.07. The predicted molar refractivity (Wildman–Crippen MR) is 59.0 cm³/mol. The maximum Gasteiger partial charge on any atom is 0.133 e. The van der Waals surface area contributed by atoms with Gasteiger partial charge in [-0.2, -0.15) is 0 Å². The van der Waals surface area contributed by atoms with Crippen LogP contribution in [0.25, 0.3) is 0 Å². The minimum absolute atomic E-state index is 0.307. The zero-order valence-corrected chi connectivity index (χ0v) is 9.07. The van der Waals surface area contributed by atoms with Crippen LogP contribution in [0.15, 0.2) is 23.2 Å². The van der Waals surface area contributed by atoms with Crippen LogP contribution < -0.4 is 0 Å². The molecule has 3 heteroatoms. The summed E-state index contributed by atoms with van der Waals surface area (Å²) >= 11 is 0. The van der Waals surface area contributed by atoms with Gasteiger partial charge in [0.1, 0.15) is 11.6 Å². The van der Waals surface area contributed by atoms with E-state index in [1.54, 1.807) is 7.05 Å². The molecule has 0 aliphatic carbocycles. The van der Waals surface area contributed by atoms with Gasteiger partial charge in [-0.25, -0.2) is 0 Å². The Bertz CT molecular complexity index is 356. The van der Waals surface area contributed by atoms with Crippen LogP contribution in [-0.2, 0) is 0 Å². The van der Waals surface area contributed by atoms with E-state index < -0.39 is 0 Å². The monoisotopic (exact) mass is 192 g/mol. The molecule has 0 heterocycles. The molecular formula is C11H16N2O. The Morgan fingerprint density at radius 2 is 2.00 bits per heavy atom. The maximum atomic E-state index is 9.84. The standard InChI is InChI=1S/C11H16N2O/c1-8-6-5-7-9(10(8)14)11(12-2)13(3)4/h5-7,14H,1-4H3/b12-11-. The number of aliphatic imine (C=N–C) groups is 1. The molecular weight excluding hydrogens is 176 g/mol. The van der Waals surface area contributed by atoms with E-state index in [2.05, 4.69) is 4.99 Å². The highest BCUT2D eigenvalue weighted by Crippen LogP contribution is 2.22. The molecule has 14 heavy (non-hydrogen) atoms. The van der Waals surface area contributed by atoms with Gasteiger partial charge in [0.15, 0.2) is 0 Å². The third-order valence-electron chi connectivity index (χ3n) is 2.11. The van der Waals surface area contributed by atoms with Crippen LogP contribution in [0.3, 0.4) is 0 Å². The summed E-state index contributed by atoms with van der Waals surface area (Å²) in [4.78, 5) is 6.03. The molecule has 1 aromatic rings. The first-order valence-corrected chi connectivity index (χ1v) is 4.51. The Labute approximate surface area is 84.7 Å². The van der Waals surface area contributed by atoms with E-state index in [1.807, 2.05) is 44.1 Å². The molecule has 0 fully saturated rings. The van der Waals surface area contributed by atoms with Crippen molar-refractivity contribution in [3.63, 3.8) is 0 Å². The van der Waals surface area contributed by atoms with Gasteiger partial charge in [-0.3, -0.25) is 4.99 Å². The quantitative estimate of drug-likeness (QED) is 0.542.